The van der Waals surface area contributed by atoms with Gasteiger partial charge in [0.25, 0.3) is 0 Å². The second-order valence-corrected chi connectivity index (χ2v) is 5.20. The highest BCUT2D eigenvalue weighted by molar-refractivity contribution is 7.07. The molecule has 3 nitrogen and oxygen atoms in total. The summed E-state index contributed by atoms with van der Waals surface area (Å²) in [5.74, 6) is 1.12. The van der Waals surface area contributed by atoms with Gasteiger partial charge in [-0.25, -0.2) is 9.97 Å². The van der Waals surface area contributed by atoms with Crippen molar-refractivity contribution in [2.45, 2.75) is 26.3 Å². The Labute approximate surface area is 110 Å². The minimum absolute atomic E-state index is 0.300. The normalized spacial score (nSPS) is 10.8. The van der Waals surface area contributed by atoms with Crippen LogP contribution in [0.1, 0.15) is 30.9 Å². The third-order valence-electron chi connectivity index (χ3n) is 2.45. The molecule has 0 radical (unpaired) electrons. The Morgan fingerprint density at radius 3 is 2.88 bits per heavy atom. The maximum Gasteiger partial charge on any atom is 0.138 e. The van der Waals surface area contributed by atoms with Crippen molar-refractivity contribution < 1.29 is 0 Å². The van der Waals surface area contributed by atoms with E-state index in [9.17, 15) is 0 Å². The van der Waals surface area contributed by atoms with Crippen molar-refractivity contribution in [2.24, 2.45) is 0 Å². The van der Waals surface area contributed by atoms with Crippen LogP contribution in [0.5, 0.6) is 0 Å². The van der Waals surface area contributed by atoms with E-state index in [1.165, 1.54) is 11.9 Å². The quantitative estimate of drug-likeness (QED) is 0.853. The van der Waals surface area contributed by atoms with Crippen LogP contribution in [-0.4, -0.2) is 9.97 Å². The number of thiophene rings is 1. The summed E-state index contributed by atoms with van der Waals surface area (Å²) in [6.07, 6.45) is 1.49. The minimum Gasteiger partial charge on any atom is -0.366 e. The molecule has 1 N–H and O–H groups in total. The third kappa shape index (κ3) is 2.96. The van der Waals surface area contributed by atoms with Crippen LogP contribution in [0.2, 0.25) is 5.15 Å². The van der Waals surface area contributed by atoms with Crippen LogP contribution in [0.15, 0.2) is 23.2 Å². The molecule has 0 bridgehead atoms. The number of nitrogens with one attached hydrogen (secondary N) is 1. The summed E-state index contributed by atoms with van der Waals surface area (Å²) in [5.41, 5.74) is 2.23. The first-order chi connectivity index (χ1) is 8.18. The van der Waals surface area contributed by atoms with Crippen molar-refractivity contribution in [2.75, 3.05) is 5.32 Å². The molecule has 2 aromatic rings. The largest absolute Gasteiger partial charge is 0.366 e. The number of rotatable bonds is 4. The van der Waals surface area contributed by atoms with Crippen molar-refractivity contribution in [3.05, 3.63) is 39.4 Å². The first kappa shape index (κ1) is 12.3. The average Bonchev–Trinajstić information content (AvgIpc) is 2.78. The molecule has 2 aromatic heterocycles. The highest BCUT2D eigenvalue weighted by Crippen LogP contribution is 2.28. The zero-order valence-corrected chi connectivity index (χ0v) is 11.3. The van der Waals surface area contributed by atoms with Gasteiger partial charge in [-0.3, -0.25) is 0 Å². The van der Waals surface area contributed by atoms with Crippen LogP contribution >= 0.6 is 22.9 Å². The molecule has 2 heterocycles. The van der Waals surface area contributed by atoms with E-state index in [0.29, 0.717) is 11.1 Å². The van der Waals surface area contributed by atoms with Crippen LogP contribution in [-0.2, 0) is 6.54 Å². The molecule has 0 amide bonds. The fourth-order valence-corrected chi connectivity index (χ4v) is 2.63. The number of nitrogens with zero attached hydrogens (tertiary/aromatic N) is 2. The molecular formula is C12H14ClN3S. The molecule has 0 aliphatic rings. The number of halogens is 1. The van der Waals surface area contributed by atoms with E-state index in [2.05, 4.69) is 46.0 Å². The SMILES string of the molecule is CC(C)c1c(Cl)ncnc1NCc1ccsc1. The van der Waals surface area contributed by atoms with Crippen LogP contribution in [0, 0.1) is 0 Å². The molecule has 90 valence electrons. The summed E-state index contributed by atoms with van der Waals surface area (Å²) in [7, 11) is 0. The van der Waals surface area contributed by atoms with E-state index in [1.807, 2.05) is 0 Å². The van der Waals surface area contributed by atoms with Gasteiger partial charge in [-0.05, 0) is 28.3 Å². The van der Waals surface area contributed by atoms with E-state index >= 15 is 0 Å². The topological polar surface area (TPSA) is 37.8 Å². The van der Waals surface area contributed by atoms with E-state index in [-0.39, 0.29) is 0 Å². The van der Waals surface area contributed by atoms with Gasteiger partial charge in [0.15, 0.2) is 0 Å². The van der Waals surface area contributed by atoms with Crippen LogP contribution < -0.4 is 5.32 Å². The molecule has 0 aromatic carbocycles. The Morgan fingerprint density at radius 1 is 1.41 bits per heavy atom. The summed E-state index contributed by atoms with van der Waals surface area (Å²) in [5, 5.41) is 8.02. The summed E-state index contributed by atoms with van der Waals surface area (Å²) in [4.78, 5) is 8.28. The van der Waals surface area contributed by atoms with Crippen LogP contribution in [0.3, 0.4) is 0 Å². The highest BCUT2D eigenvalue weighted by atomic mass is 35.5. The molecule has 0 fully saturated rings. The zero-order chi connectivity index (χ0) is 12.3. The lowest BCUT2D eigenvalue weighted by Gasteiger charge is -2.13. The Balaban J connectivity index is 2.18. The van der Waals surface area contributed by atoms with Crippen LogP contribution in [0.25, 0.3) is 0 Å². The molecule has 0 atom stereocenters. The maximum absolute atomic E-state index is 6.10. The predicted octanol–water partition coefficient (Wildman–Crippen LogP) is 3.93. The first-order valence-electron chi connectivity index (χ1n) is 5.44. The van der Waals surface area contributed by atoms with Gasteiger partial charge in [-0.15, -0.1) is 0 Å². The Hall–Kier alpha value is -1.13. The Bertz CT molecular complexity index is 483. The maximum atomic E-state index is 6.10. The molecule has 2 rings (SSSR count). The van der Waals surface area contributed by atoms with Crippen molar-refractivity contribution in [3.8, 4) is 0 Å². The number of aromatic nitrogens is 2. The lowest BCUT2D eigenvalue weighted by Crippen LogP contribution is -2.06. The van der Waals surface area contributed by atoms with Gasteiger partial charge in [0.05, 0.1) is 0 Å². The number of hydrogen-bond acceptors (Lipinski definition) is 4. The van der Waals surface area contributed by atoms with Gasteiger partial charge in [0.2, 0.25) is 0 Å². The van der Waals surface area contributed by atoms with Gasteiger partial charge in [0.1, 0.15) is 17.3 Å². The van der Waals surface area contributed by atoms with E-state index < -0.39 is 0 Å². The summed E-state index contributed by atoms with van der Waals surface area (Å²) in [6, 6.07) is 2.09. The fourth-order valence-electron chi connectivity index (χ4n) is 1.61. The van der Waals surface area contributed by atoms with Crippen molar-refractivity contribution >= 4 is 28.8 Å². The molecule has 0 spiro atoms. The number of hydrogen-bond donors (Lipinski definition) is 1. The second-order valence-electron chi connectivity index (χ2n) is 4.07. The van der Waals surface area contributed by atoms with Gasteiger partial charge < -0.3 is 5.32 Å². The minimum atomic E-state index is 0.300. The third-order valence-corrected chi connectivity index (χ3v) is 3.49. The lowest BCUT2D eigenvalue weighted by atomic mass is 10.1. The predicted molar refractivity (Wildman–Crippen MR) is 72.8 cm³/mol. The standard InChI is InChI=1S/C12H14ClN3S/c1-8(2)10-11(13)15-7-16-12(10)14-5-9-3-4-17-6-9/h3-4,6-8H,5H2,1-2H3,(H,14,15,16). The molecular weight excluding hydrogens is 254 g/mol. The van der Waals surface area contributed by atoms with Crippen molar-refractivity contribution in [1.82, 2.24) is 9.97 Å². The second kappa shape index (κ2) is 5.47. The molecule has 17 heavy (non-hydrogen) atoms. The van der Waals surface area contributed by atoms with Gasteiger partial charge in [-0.2, -0.15) is 11.3 Å². The molecule has 0 aliphatic carbocycles. The summed E-state index contributed by atoms with van der Waals surface area (Å²) < 4.78 is 0. The Kier molecular flexibility index (Phi) is 3.97. The van der Waals surface area contributed by atoms with Crippen LogP contribution in [0.4, 0.5) is 5.82 Å². The molecule has 0 aliphatic heterocycles. The van der Waals surface area contributed by atoms with Crippen molar-refractivity contribution in [3.63, 3.8) is 0 Å². The smallest absolute Gasteiger partial charge is 0.138 e. The van der Waals surface area contributed by atoms with E-state index in [4.69, 9.17) is 11.6 Å². The van der Waals surface area contributed by atoms with Gasteiger partial charge in [-0.1, -0.05) is 25.4 Å². The molecule has 0 saturated heterocycles. The molecule has 0 saturated carbocycles. The molecule has 0 unspecified atom stereocenters. The zero-order valence-electron chi connectivity index (χ0n) is 9.77. The van der Waals surface area contributed by atoms with Gasteiger partial charge in [0, 0.05) is 12.1 Å². The van der Waals surface area contributed by atoms with E-state index in [0.717, 1.165) is 17.9 Å². The average molecular weight is 268 g/mol. The highest BCUT2D eigenvalue weighted by Gasteiger charge is 2.13. The summed E-state index contributed by atoms with van der Waals surface area (Å²) in [6.45, 7) is 4.93. The monoisotopic (exact) mass is 267 g/mol. The van der Waals surface area contributed by atoms with Gasteiger partial charge >= 0.3 is 0 Å². The molecule has 5 heteroatoms. The van der Waals surface area contributed by atoms with E-state index in [1.54, 1.807) is 11.3 Å². The van der Waals surface area contributed by atoms with Crippen molar-refractivity contribution in [1.29, 1.82) is 0 Å². The fraction of sp³-hybridized carbons (Fsp3) is 0.333. The lowest BCUT2D eigenvalue weighted by molar-refractivity contribution is 0.844. The summed E-state index contributed by atoms with van der Waals surface area (Å²) >= 11 is 7.79. The number of anilines is 1. The Morgan fingerprint density at radius 2 is 2.24 bits per heavy atom. The first-order valence-corrected chi connectivity index (χ1v) is 6.76.